The van der Waals surface area contributed by atoms with Crippen LogP contribution in [0.15, 0.2) is 22.8 Å². The van der Waals surface area contributed by atoms with Gasteiger partial charge in [0.1, 0.15) is 10.6 Å². The zero-order valence-electron chi connectivity index (χ0n) is 6.73. The van der Waals surface area contributed by atoms with Crippen LogP contribution in [0.25, 0.3) is 0 Å². The van der Waals surface area contributed by atoms with E-state index in [1.165, 1.54) is 0 Å². The van der Waals surface area contributed by atoms with Crippen LogP contribution < -0.4 is 0 Å². The van der Waals surface area contributed by atoms with Crippen LogP contribution in [-0.2, 0) is 4.87 Å². The Bertz CT molecular complexity index is 263. The second-order valence-electron chi connectivity index (χ2n) is 3.84. The Morgan fingerprint density at radius 3 is 2.55 bits per heavy atom. The Hall–Kier alpha value is -0.430. The molecule has 1 aromatic heterocycles. The smallest absolute Gasteiger partial charge is 0.125 e. The average Bonchev–Trinajstić information content (AvgIpc) is 2.36. The monoisotopic (exact) mass is 170 g/mol. The normalized spacial score (nSPS) is 33.7. The van der Waals surface area contributed by atoms with Crippen molar-refractivity contribution in [2.45, 2.75) is 25.1 Å². The molecule has 1 atom stereocenters. The highest BCUT2D eigenvalue weighted by atomic mass is 35.5. The number of rotatable bonds is 1. The van der Waals surface area contributed by atoms with Gasteiger partial charge < -0.3 is 4.42 Å². The van der Waals surface area contributed by atoms with Crippen LogP contribution in [0.3, 0.4) is 0 Å². The van der Waals surface area contributed by atoms with Gasteiger partial charge in [-0.15, -0.1) is 11.6 Å². The van der Waals surface area contributed by atoms with E-state index in [-0.39, 0.29) is 10.3 Å². The minimum atomic E-state index is -0.226. The molecule has 1 aliphatic carbocycles. The molecule has 2 rings (SSSR count). The first-order chi connectivity index (χ1) is 5.06. The predicted molar refractivity (Wildman–Crippen MR) is 44.6 cm³/mol. The van der Waals surface area contributed by atoms with E-state index in [2.05, 4.69) is 13.8 Å². The van der Waals surface area contributed by atoms with Crippen LogP contribution in [0, 0.1) is 5.41 Å². The Balaban J connectivity index is 2.33. The molecule has 60 valence electrons. The minimum absolute atomic E-state index is 0.201. The molecule has 1 fully saturated rings. The molecule has 0 amide bonds. The van der Waals surface area contributed by atoms with Crippen LogP contribution in [-0.4, -0.2) is 0 Å². The van der Waals surface area contributed by atoms with Crippen molar-refractivity contribution in [3.8, 4) is 0 Å². The largest absolute Gasteiger partial charge is 0.467 e. The highest BCUT2D eigenvalue weighted by Crippen LogP contribution is 2.67. The third-order valence-corrected chi connectivity index (χ3v) is 3.38. The summed E-state index contributed by atoms with van der Waals surface area (Å²) in [7, 11) is 0. The van der Waals surface area contributed by atoms with Crippen molar-refractivity contribution in [1.82, 2.24) is 0 Å². The second kappa shape index (κ2) is 1.84. The molecule has 2 heteroatoms. The molecule has 11 heavy (non-hydrogen) atoms. The lowest BCUT2D eigenvalue weighted by Gasteiger charge is -2.07. The maximum atomic E-state index is 6.31. The summed E-state index contributed by atoms with van der Waals surface area (Å²) in [6, 6.07) is 3.83. The van der Waals surface area contributed by atoms with Gasteiger partial charge in [0.25, 0.3) is 0 Å². The first-order valence-corrected chi connectivity index (χ1v) is 4.17. The quantitative estimate of drug-likeness (QED) is 0.591. The van der Waals surface area contributed by atoms with Crippen molar-refractivity contribution >= 4 is 11.6 Å². The highest BCUT2D eigenvalue weighted by Gasteiger charge is 2.63. The molecular weight excluding hydrogens is 160 g/mol. The fourth-order valence-electron chi connectivity index (χ4n) is 1.49. The van der Waals surface area contributed by atoms with E-state index in [4.69, 9.17) is 16.0 Å². The van der Waals surface area contributed by atoms with Crippen LogP contribution in [0.4, 0.5) is 0 Å². The zero-order valence-corrected chi connectivity index (χ0v) is 7.48. The molecule has 0 spiro atoms. The van der Waals surface area contributed by atoms with Gasteiger partial charge in [0.2, 0.25) is 0 Å². The summed E-state index contributed by atoms with van der Waals surface area (Å²) in [4.78, 5) is -0.226. The summed E-state index contributed by atoms with van der Waals surface area (Å²) >= 11 is 6.31. The molecule has 1 nitrogen and oxygen atoms in total. The molecular formula is C9H11ClO. The Morgan fingerprint density at radius 2 is 2.18 bits per heavy atom. The van der Waals surface area contributed by atoms with Gasteiger partial charge in [-0.3, -0.25) is 0 Å². The van der Waals surface area contributed by atoms with Gasteiger partial charge in [-0.05, 0) is 24.0 Å². The fraction of sp³-hybridized carbons (Fsp3) is 0.556. The molecule has 1 saturated carbocycles. The SMILES string of the molecule is CC1(C)CC1(Cl)c1ccco1. The van der Waals surface area contributed by atoms with Crippen molar-refractivity contribution in [3.63, 3.8) is 0 Å². The molecule has 1 heterocycles. The molecule has 0 aromatic carbocycles. The van der Waals surface area contributed by atoms with Crippen molar-refractivity contribution in [2.24, 2.45) is 5.41 Å². The number of halogens is 1. The number of alkyl halides is 1. The Morgan fingerprint density at radius 1 is 1.55 bits per heavy atom. The molecule has 0 aliphatic heterocycles. The third kappa shape index (κ3) is 0.839. The van der Waals surface area contributed by atoms with Gasteiger partial charge in [0, 0.05) is 0 Å². The van der Waals surface area contributed by atoms with E-state index in [9.17, 15) is 0 Å². The lowest BCUT2D eigenvalue weighted by atomic mass is 10.1. The summed E-state index contributed by atoms with van der Waals surface area (Å²) < 4.78 is 5.26. The predicted octanol–water partition coefficient (Wildman–Crippen LogP) is 3.14. The lowest BCUT2D eigenvalue weighted by molar-refractivity contribution is 0.461. The third-order valence-electron chi connectivity index (χ3n) is 2.55. The van der Waals surface area contributed by atoms with E-state index in [1.807, 2.05) is 12.1 Å². The second-order valence-corrected chi connectivity index (χ2v) is 4.48. The van der Waals surface area contributed by atoms with Crippen LogP contribution >= 0.6 is 11.6 Å². The Labute approximate surface area is 71.3 Å². The zero-order chi connectivity index (χ0) is 8.11. The van der Waals surface area contributed by atoms with Gasteiger partial charge in [-0.25, -0.2) is 0 Å². The summed E-state index contributed by atoms with van der Waals surface area (Å²) in [5.41, 5.74) is 0.201. The van der Waals surface area contributed by atoms with Crippen molar-refractivity contribution in [2.75, 3.05) is 0 Å². The first-order valence-electron chi connectivity index (χ1n) is 3.79. The minimum Gasteiger partial charge on any atom is -0.467 e. The van der Waals surface area contributed by atoms with Crippen molar-refractivity contribution < 1.29 is 4.42 Å². The van der Waals surface area contributed by atoms with Gasteiger partial charge in [-0.1, -0.05) is 13.8 Å². The Kier molecular flexibility index (Phi) is 1.21. The lowest BCUT2D eigenvalue weighted by Crippen LogP contribution is -2.03. The van der Waals surface area contributed by atoms with E-state index in [0.717, 1.165) is 12.2 Å². The molecule has 0 N–H and O–H groups in total. The van der Waals surface area contributed by atoms with Gasteiger partial charge in [0.15, 0.2) is 0 Å². The number of hydrogen-bond donors (Lipinski definition) is 0. The topological polar surface area (TPSA) is 13.1 Å². The summed E-state index contributed by atoms with van der Waals surface area (Å²) in [6.07, 6.45) is 2.68. The van der Waals surface area contributed by atoms with E-state index in [0.29, 0.717) is 0 Å². The maximum Gasteiger partial charge on any atom is 0.125 e. The van der Waals surface area contributed by atoms with Crippen LogP contribution in [0.5, 0.6) is 0 Å². The summed E-state index contributed by atoms with van der Waals surface area (Å²) in [5, 5.41) is 0. The highest BCUT2D eigenvalue weighted by molar-refractivity contribution is 6.26. The van der Waals surface area contributed by atoms with E-state index >= 15 is 0 Å². The van der Waals surface area contributed by atoms with Gasteiger partial charge in [0.05, 0.1) is 6.26 Å². The van der Waals surface area contributed by atoms with Crippen LogP contribution in [0.1, 0.15) is 26.0 Å². The fourth-order valence-corrected chi connectivity index (χ4v) is 1.93. The molecule has 0 saturated heterocycles. The summed E-state index contributed by atoms with van der Waals surface area (Å²) in [6.45, 7) is 4.31. The number of furan rings is 1. The number of hydrogen-bond acceptors (Lipinski definition) is 1. The molecule has 0 radical (unpaired) electrons. The van der Waals surface area contributed by atoms with Crippen LogP contribution in [0.2, 0.25) is 0 Å². The van der Waals surface area contributed by atoms with Crippen molar-refractivity contribution in [3.05, 3.63) is 24.2 Å². The maximum absolute atomic E-state index is 6.31. The standard InChI is InChI=1S/C9H11ClO/c1-8(2)6-9(8,10)7-4-3-5-11-7/h3-5H,6H2,1-2H3. The van der Waals surface area contributed by atoms with E-state index in [1.54, 1.807) is 6.26 Å². The molecule has 0 bridgehead atoms. The first kappa shape index (κ1) is 7.23. The van der Waals surface area contributed by atoms with E-state index < -0.39 is 0 Å². The molecule has 1 aliphatic rings. The molecule has 1 aromatic rings. The van der Waals surface area contributed by atoms with Crippen molar-refractivity contribution in [1.29, 1.82) is 0 Å². The summed E-state index contributed by atoms with van der Waals surface area (Å²) in [5.74, 6) is 0.907. The molecule has 1 unspecified atom stereocenters. The van der Waals surface area contributed by atoms with Gasteiger partial charge >= 0.3 is 0 Å². The average molecular weight is 171 g/mol. The van der Waals surface area contributed by atoms with Gasteiger partial charge in [-0.2, -0.15) is 0 Å².